The summed E-state index contributed by atoms with van der Waals surface area (Å²) in [6.07, 6.45) is 0.593. The van der Waals surface area contributed by atoms with Gasteiger partial charge in [0.15, 0.2) is 0 Å². The maximum absolute atomic E-state index is 9.94. The summed E-state index contributed by atoms with van der Waals surface area (Å²) in [5, 5.41) is 8.19. The Bertz CT molecular complexity index is 117. The van der Waals surface area contributed by atoms with Gasteiger partial charge in [-0.1, -0.05) is 0 Å². The van der Waals surface area contributed by atoms with Crippen LogP contribution in [0.2, 0.25) is 0 Å². The van der Waals surface area contributed by atoms with E-state index in [4.69, 9.17) is 10.00 Å². The number of rotatable bonds is 4. The fraction of sp³-hybridized carbons (Fsp3) is 0.667. The van der Waals surface area contributed by atoms with Gasteiger partial charge in [-0.2, -0.15) is 5.26 Å². The standard InChI is InChI=1S/C6H9NO2/c1-2-9-5-6(3-7)4-8/h4,6H,2,5H2,1H3. The highest BCUT2D eigenvalue weighted by atomic mass is 16.5. The smallest absolute Gasteiger partial charge is 0.139 e. The zero-order chi connectivity index (χ0) is 7.11. The van der Waals surface area contributed by atoms with Crippen LogP contribution in [-0.4, -0.2) is 19.5 Å². The van der Waals surface area contributed by atoms with Gasteiger partial charge in [0.2, 0.25) is 0 Å². The van der Waals surface area contributed by atoms with Crippen LogP contribution < -0.4 is 0 Å². The number of nitriles is 1. The molecule has 0 N–H and O–H groups in total. The first-order valence-electron chi connectivity index (χ1n) is 2.77. The van der Waals surface area contributed by atoms with E-state index in [1.165, 1.54) is 0 Å². The lowest BCUT2D eigenvalue weighted by Gasteiger charge is -1.98. The van der Waals surface area contributed by atoms with Gasteiger partial charge in [0, 0.05) is 6.61 Å². The van der Waals surface area contributed by atoms with Crippen molar-refractivity contribution >= 4 is 6.29 Å². The maximum atomic E-state index is 9.94. The van der Waals surface area contributed by atoms with E-state index in [0.29, 0.717) is 12.9 Å². The summed E-state index contributed by atoms with van der Waals surface area (Å²) in [4.78, 5) is 9.94. The van der Waals surface area contributed by atoms with Crippen molar-refractivity contribution < 1.29 is 9.53 Å². The highest BCUT2D eigenvalue weighted by molar-refractivity contribution is 5.57. The van der Waals surface area contributed by atoms with Gasteiger partial charge in [-0.25, -0.2) is 0 Å². The summed E-state index contributed by atoms with van der Waals surface area (Å²) < 4.78 is 4.82. The lowest BCUT2D eigenvalue weighted by molar-refractivity contribution is -0.111. The van der Waals surface area contributed by atoms with Crippen LogP contribution in [0.4, 0.5) is 0 Å². The number of hydrogen-bond acceptors (Lipinski definition) is 3. The summed E-state index contributed by atoms with van der Waals surface area (Å²) in [5.74, 6) is -0.593. The molecule has 0 saturated heterocycles. The number of hydrogen-bond donors (Lipinski definition) is 0. The molecule has 3 nitrogen and oxygen atoms in total. The fourth-order valence-electron chi connectivity index (χ4n) is 0.352. The molecule has 0 rings (SSSR count). The van der Waals surface area contributed by atoms with Crippen molar-refractivity contribution in [2.75, 3.05) is 13.2 Å². The third kappa shape index (κ3) is 3.68. The van der Waals surface area contributed by atoms with E-state index in [-0.39, 0.29) is 6.61 Å². The first kappa shape index (κ1) is 8.12. The minimum Gasteiger partial charge on any atom is -0.380 e. The molecule has 0 aliphatic rings. The van der Waals surface area contributed by atoms with Crippen molar-refractivity contribution in [3.63, 3.8) is 0 Å². The minimum absolute atomic E-state index is 0.219. The second kappa shape index (κ2) is 5.26. The number of carbonyl (C=O) groups is 1. The zero-order valence-electron chi connectivity index (χ0n) is 5.33. The molecule has 50 valence electrons. The third-order valence-electron chi connectivity index (χ3n) is 0.832. The highest BCUT2D eigenvalue weighted by Crippen LogP contribution is 1.88. The van der Waals surface area contributed by atoms with Crippen LogP contribution in [0.25, 0.3) is 0 Å². The van der Waals surface area contributed by atoms with Gasteiger partial charge in [-0.15, -0.1) is 0 Å². The molecule has 0 aliphatic heterocycles. The number of carbonyl (C=O) groups excluding carboxylic acids is 1. The van der Waals surface area contributed by atoms with E-state index in [1.807, 2.05) is 6.92 Å². The topological polar surface area (TPSA) is 50.1 Å². The first-order valence-corrected chi connectivity index (χ1v) is 2.77. The summed E-state index contributed by atoms with van der Waals surface area (Å²) in [7, 11) is 0. The van der Waals surface area contributed by atoms with Crippen LogP contribution in [0, 0.1) is 17.2 Å². The largest absolute Gasteiger partial charge is 0.380 e. The molecule has 9 heavy (non-hydrogen) atoms. The van der Waals surface area contributed by atoms with Gasteiger partial charge in [-0.3, -0.25) is 0 Å². The molecule has 1 unspecified atom stereocenters. The van der Waals surface area contributed by atoms with E-state index < -0.39 is 5.92 Å². The van der Waals surface area contributed by atoms with E-state index in [9.17, 15) is 4.79 Å². The van der Waals surface area contributed by atoms with Crippen molar-refractivity contribution in [2.45, 2.75) is 6.92 Å². The Morgan fingerprint density at radius 2 is 2.56 bits per heavy atom. The molecule has 0 radical (unpaired) electrons. The molecular weight excluding hydrogens is 118 g/mol. The van der Waals surface area contributed by atoms with Crippen LogP contribution >= 0.6 is 0 Å². The molecule has 0 aliphatic carbocycles. The number of nitrogens with zero attached hydrogens (tertiary/aromatic N) is 1. The molecule has 3 heteroatoms. The van der Waals surface area contributed by atoms with Crippen LogP contribution in [0.15, 0.2) is 0 Å². The fourth-order valence-corrected chi connectivity index (χ4v) is 0.352. The van der Waals surface area contributed by atoms with Gasteiger partial charge in [-0.05, 0) is 6.92 Å². The zero-order valence-corrected chi connectivity index (χ0v) is 5.33. The van der Waals surface area contributed by atoms with Crippen molar-refractivity contribution in [3.8, 4) is 6.07 Å². The van der Waals surface area contributed by atoms with Crippen LogP contribution in [-0.2, 0) is 9.53 Å². The minimum atomic E-state index is -0.593. The molecule has 0 bridgehead atoms. The molecule has 0 aromatic heterocycles. The molecule has 0 heterocycles. The molecule has 0 fully saturated rings. The lowest BCUT2D eigenvalue weighted by atomic mass is 10.2. The molecular formula is C6H9NO2. The maximum Gasteiger partial charge on any atom is 0.139 e. The Hall–Kier alpha value is -0.880. The van der Waals surface area contributed by atoms with Gasteiger partial charge < -0.3 is 9.53 Å². The Morgan fingerprint density at radius 3 is 2.89 bits per heavy atom. The Labute approximate surface area is 54.2 Å². The van der Waals surface area contributed by atoms with Gasteiger partial charge in [0.25, 0.3) is 0 Å². The molecule has 1 atom stereocenters. The van der Waals surface area contributed by atoms with Crippen LogP contribution in [0.3, 0.4) is 0 Å². The average molecular weight is 127 g/mol. The summed E-state index contributed by atoms with van der Waals surface area (Å²) in [6, 6.07) is 1.79. The normalized spacial score (nSPS) is 12.0. The Kier molecular flexibility index (Phi) is 4.75. The molecule has 0 amide bonds. The highest BCUT2D eigenvalue weighted by Gasteiger charge is 2.02. The lowest BCUT2D eigenvalue weighted by Crippen LogP contribution is -2.07. The van der Waals surface area contributed by atoms with E-state index >= 15 is 0 Å². The Balaban J connectivity index is 3.34. The summed E-state index contributed by atoms with van der Waals surface area (Å²) >= 11 is 0. The van der Waals surface area contributed by atoms with Crippen molar-refractivity contribution in [2.24, 2.45) is 5.92 Å². The predicted molar refractivity (Wildman–Crippen MR) is 31.7 cm³/mol. The van der Waals surface area contributed by atoms with Crippen molar-refractivity contribution in [1.82, 2.24) is 0 Å². The average Bonchev–Trinajstić information content (AvgIpc) is 1.91. The number of ether oxygens (including phenoxy) is 1. The molecule has 0 spiro atoms. The Morgan fingerprint density at radius 1 is 1.89 bits per heavy atom. The third-order valence-corrected chi connectivity index (χ3v) is 0.832. The van der Waals surface area contributed by atoms with Crippen molar-refractivity contribution in [1.29, 1.82) is 5.26 Å². The molecule has 0 saturated carbocycles. The number of aldehydes is 1. The van der Waals surface area contributed by atoms with Crippen LogP contribution in [0.1, 0.15) is 6.92 Å². The summed E-state index contributed by atoms with van der Waals surface area (Å²) in [6.45, 7) is 2.59. The second-order valence-corrected chi connectivity index (χ2v) is 1.53. The van der Waals surface area contributed by atoms with E-state index in [2.05, 4.69) is 0 Å². The molecule has 0 aromatic rings. The van der Waals surface area contributed by atoms with E-state index in [1.54, 1.807) is 6.07 Å². The van der Waals surface area contributed by atoms with Crippen LogP contribution in [0.5, 0.6) is 0 Å². The first-order chi connectivity index (χ1) is 4.35. The van der Waals surface area contributed by atoms with Gasteiger partial charge >= 0.3 is 0 Å². The molecule has 0 aromatic carbocycles. The monoisotopic (exact) mass is 127 g/mol. The van der Waals surface area contributed by atoms with E-state index in [0.717, 1.165) is 0 Å². The quantitative estimate of drug-likeness (QED) is 0.512. The second-order valence-electron chi connectivity index (χ2n) is 1.53. The summed E-state index contributed by atoms with van der Waals surface area (Å²) in [5.41, 5.74) is 0. The predicted octanol–water partition coefficient (Wildman–Crippen LogP) is 0.362. The van der Waals surface area contributed by atoms with Gasteiger partial charge in [0.05, 0.1) is 12.7 Å². The SMILES string of the molecule is CCOCC(C#N)C=O. The van der Waals surface area contributed by atoms with Gasteiger partial charge in [0.1, 0.15) is 12.2 Å². The van der Waals surface area contributed by atoms with Crippen molar-refractivity contribution in [3.05, 3.63) is 0 Å².